The van der Waals surface area contributed by atoms with Crippen LogP contribution in [-0.4, -0.2) is 23.0 Å². The standard InChI is InChI=1S/C21H37NO3/c1-3-4-5-6-7-8-9-10-11-12-13-14-15-16-17-18-20(23)22-19(2)21(24)25/h7-10,19H,3-6,11-18H2,1-2H3,(H,22,23)(H,24,25)/b8-7-,10-9+. The summed E-state index contributed by atoms with van der Waals surface area (Å²) in [5.41, 5.74) is 0. The highest BCUT2D eigenvalue weighted by Gasteiger charge is 2.12. The molecule has 25 heavy (non-hydrogen) atoms. The predicted molar refractivity (Wildman–Crippen MR) is 105 cm³/mol. The van der Waals surface area contributed by atoms with Crippen molar-refractivity contribution in [2.75, 3.05) is 0 Å². The van der Waals surface area contributed by atoms with Crippen LogP contribution in [0.15, 0.2) is 24.3 Å². The van der Waals surface area contributed by atoms with Crippen LogP contribution in [0.3, 0.4) is 0 Å². The van der Waals surface area contributed by atoms with Gasteiger partial charge in [0.2, 0.25) is 5.91 Å². The number of rotatable bonds is 16. The van der Waals surface area contributed by atoms with Crippen molar-refractivity contribution >= 4 is 11.9 Å². The van der Waals surface area contributed by atoms with Gasteiger partial charge in [-0.3, -0.25) is 9.59 Å². The maximum atomic E-state index is 11.5. The number of hydrogen-bond acceptors (Lipinski definition) is 2. The Hall–Kier alpha value is -1.58. The molecule has 4 heteroatoms. The SMILES string of the molecule is CCCCC/C=C\C=C\CCCCCCCCC(=O)NC(C)C(=O)O. The molecule has 1 amide bonds. The quantitative estimate of drug-likeness (QED) is 0.289. The summed E-state index contributed by atoms with van der Waals surface area (Å²) in [5.74, 6) is -1.16. The molecule has 0 spiro atoms. The number of carboxylic acid groups (broad SMARTS) is 1. The summed E-state index contributed by atoms with van der Waals surface area (Å²) in [6.07, 6.45) is 22.1. The van der Waals surface area contributed by atoms with Crippen LogP contribution in [-0.2, 0) is 9.59 Å². The molecule has 0 heterocycles. The van der Waals surface area contributed by atoms with E-state index in [1.807, 2.05) is 0 Å². The first-order valence-corrected chi connectivity index (χ1v) is 9.91. The molecule has 2 N–H and O–H groups in total. The van der Waals surface area contributed by atoms with Crippen LogP contribution in [0.25, 0.3) is 0 Å². The molecule has 0 aromatic rings. The molecule has 0 aromatic heterocycles. The zero-order valence-electron chi connectivity index (χ0n) is 16.1. The molecule has 0 fully saturated rings. The summed E-state index contributed by atoms with van der Waals surface area (Å²) in [6.45, 7) is 3.71. The Morgan fingerprint density at radius 2 is 1.40 bits per heavy atom. The van der Waals surface area contributed by atoms with Crippen molar-refractivity contribution in [2.45, 2.75) is 96.9 Å². The number of unbranched alkanes of at least 4 members (excludes halogenated alkanes) is 9. The molecular formula is C21H37NO3. The van der Waals surface area contributed by atoms with Gasteiger partial charge in [0.1, 0.15) is 6.04 Å². The van der Waals surface area contributed by atoms with Gasteiger partial charge in [0.25, 0.3) is 0 Å². The van der Waals surface area contributed by atoms with E-state index in [1.165, 1.54) is 51.9 Å². The number of hydrogen-bond donors (Lipinski definition) is 2. The van der Waals surface area contributed by atoms with Crippen molar-refractivity contribution in [3.05, 3.63) is 24.3 Å². The number of carbonyl (C=O) groups is 2. The second kappa shape index (κ2) is 17.2. The fourth-order valence-corrected chi connectivity index (χ4v) is 2.49. The molecular weight excluding hydrogens is 314 g/mol. The van der Waals surface area contributed by atoms with Gasteiger partial charge in [-0.1, -0.05) is 69.8 Å². The van der Waals surface area contributed by atoms with E-state index in [1.54, 1.807) is 0 Å². The summed E-state index contributed by atoms with van der Waals surface area (Å²) in [5, 5.41) is 11.2. The van der Waals surface area contributed by atoms with Gasteiger partial charge in [-0.2, -0.15) is 0 Å². The van der Waals surface area contributed by atoms with Crippen LogP contribution in [0.2, 0.25) is 0 Å². The Bertz CT molecular complexity index is 402. The maximum Gasteiger partial charge on any atom is 0.325 e. The van der Waals surface area contributed by atoms with Crippen molar-refractivity contribution in [1.82, 2.24) is 5.32 Å². The molecule has 0 rings (SSSR count). The van der Waals surface area contributed by atoms with E-state index in [4.69, 9.17) is 5.11 Å². The smallest absolute Gasteiger partial charge is 0.325 e. The van der Waals surface area contributed by atoms with Gasteiger partial charge >= 0.3 is 5.97 Å². The molecule has 0 aromatic carbocycles. The number of amides is 1. The van der Waals surface area contributed by atoms with Crippen LogP contribution >= 0.6 is 0 Å². The number of allylic oxidation sites excluding steroid dienone is 4. The van der Waals surface area contributed by atoms with Crippen molar-refractivity contribution in [3.8, 4) is 0 Å². The Morgan fingerprint density at radius 3 is 1.96 bits per heavy atom. The third-order valence-corrected chi connectivity index (χ3v) is 4.13. The van der Waals surface area contributed by atoms with E-state index < -0.39 is 12.0 Å². The minimum absolute atomic E-state index is 0.164. The topological polar surface area (TPSA) is 66.4 Å². The lowest BCUT2D eigenvalue weighted by atomic mass is 10.1. The highest BCUT2D eigenvalue weighted by Crippen LogP contribution is 2.09. The van der Waals surface area contributed by atoms with Crippen LogP contribution in [0.5, 0.6) is 0 Å². The summed E-state index contributed by atoms with van der Waals surface area (Å²) in [7, 11) is 0. The first-order valence-electron chi connectivity index (χ1n) is 9.91. The Labute approximate surface area is 153 Å². The minimum Gasteiger partial charge on any atom is -0.480 e. The monoisotopic (exact) mass is 351 g/mol. The third-order valence-electron chi connectivity index (χ3n) is 4.13. The zero-order valence-corrected chi connectivity index (χ0v) is 16.1. The van der Waals surface area contributed by atoms with E-state index in [-0.39, 0.29) is 5.91 Å². The van der Waals surface area contributed by atoms with Crippen LogP contribution in [0.1, 0.15) is 90.9 Å². The summed E-state index contributed by atoms with van der Waals surface area (Å²) in [6, 6.07) is -0.799. The molecule has 144 valence electrons. The van der Waals surface area contributed by atoms with Crippen molar-refractivity contribution in [3.63, 3.8) is 0 Å². The molecule has 1 atom stereocenters. The lowest BCUT2D eigenvalue weighted by Gasteiger charge is -2.08. The van der Waals surface area contributed by atoms with Gasteiger partial charge in [0, 0.05) is 6.42 Å². The summed E-state index contributed by atoms with van der Waals surface area (Å²) in [4.78, 5) is 22.1. The highest BCUT2D eigenvalue weighted by molar-refractivity contribution is 5.83. The average molecular weight is 352 g/mol. The molecule has 0 saturated carbocycles. The van der Waals surface area contributed by atoms with Gasteiger partial charge < -0.3 is 10.4 Å². The van der Waals surface area contributed by atoms with E-state index in [2.05, 4.69) is 36.5 Å². The molecule has 0 aliphatic rings. The second-order valence-electron chi connectivity index (χ2n) is 6.64. The molecule has 0 saturated heterocycles. The van der Waals surface area contributed by atoms with Gasteiger partial charge in [0.05, 0.1) is 0 Å². The largest absolute Gasteiger partial charge is 0.480 e. The lowest BCUT2D eigenvalue weighted by molar-refractivity contribution is -0.141. The van der Waals surface area contributed by atoms with Gasteiger partial charge in [-0.05, 0) is 39.0 Å². The Morgan fingerprint density at radius 1 is 0.880 bits per heavy atom. The first-order chi connectivity index (χ1) is 12.1. The van der Waals surface area contributed by atoms with Crippen LogP contribution in [0.4, 0.5) is 0 Å². The number of carboxylic acids is 1. The van der Waals surface area contributed by atoms with Gasteiger partial charge in [0.15, 0.2) is 0 Å². The molecule has 0 aliphatic carbocycles. The number of carbonyl (C=O) groups excluding carboxylic acids is 1. The first kappa shape index (κ1) is 23.4. The van der Waals surface area contributed by atoms with E-state index in [9.17, 15) is 9.59 Å². The predicted octanol–water partition coefficient (Wildman–Crippen LogP) is 5.39. The van der Waals surface area contributed by atoms with Crippen LogP contribution < -0.4 is 5.32 Å². The molecule has 4 nitrogen and oxygen atoms in total. The Kier molecular flexibility index (Phi) is 16.2. The lowest BCUT2D eigenvalue weighted by Crippen LogP contribution is -2.38. The van der Waals surface area contributed by atoms with Gasteiger partial charge in [-0.15, -0.1) is 0 Å². The molecule has 0 radical (unpaired) electrons. The maximum absolute atomic E-state index is 11.5. The van der Waals surface area contributed by atoms with Crippen molar-refractivity contribution in [1.29, 1.82) is 0 Å². The minimum atomic E-state index is -0.991. The fourth-order valence-electron chi connectivity index (χ4n) is 2.49. The van der Waals surface area contributed by atoms with Gasteiger partial charge in [-0.25, -0.2) is 0 Å². The van der Waals surface area contributed by atoms with E-state index in [0.717, 1.165) is 25.7 Å². The molecule has 0 bridgehead atoms. The second-order valence-corrected chi connectivity index (χ2v) is 6.64. The highest BCUT2D eigenvalue weighted by atomic mass is 16.4. The summed E-state index contributed by atoms with van der Waals surface area (Å²) >= 11 is 0. The third kappa shape index (κ3) is 17.0. The Balaban J connectivity index is 3.36. The number of aliphatic carboxylic acids is 1. The number of nitrogens with one attached hydrogen (secondary N) is 1. The van der Waals surface area contributed by atoms with E-state index in [0.29, 0.717) is 6.42 Å². The average Bonchev–Trinajstić information content (AvgIpc) is 2.58. The van der Waals surface area contributed by atoms with Crippen LogP contribution in [0, 0.1) is 0 Å². The van der Waals surface area contributed by atoms with Crippen molar-refractivity contribution < 1.29 is 14.7 Å². The zero-order chi connectivity index (χ0) is 18.8. The fraction of sp³-hybridized carbons (Fsp3) is 0.714. The normalized spacial score (nSPS) is 12.7. The van der Waals surface area contributed by atoms with E-state index >= 15 is 0 Å². The van der Waals surface area contributed by atoms with Crippen molar-refractivity contribution in [2.24, 2.45) is 0 Å². The summed E-state index contributed by atoms with van der Waals surface area (Å²) < 4.78 is 0. The molecule has 0 aliphatic heterocycles. The molecule has 1 unspecified atom stereocenters.